The van der Waals surface area contributed by atoms with Crippen LogP contribution in [-0.2, 0) is 16.7 Å². The molecule has 1 fully saturated rings. The van der Waals surface area contributed by atoms with Gasteiger partial charge >= 0.3 is 12.1 Å². The third-order valence-corrected chi connectivity index (χ3v) is 6.40. The molecule has 1 N–H and O–H groups in total. The summed E-state index contributed by atoms with van der Waals surface area (Å²) in [6.45, 7) is 0. The molecule has 13 heteroatoms. The lowest BCUT2D eigenvalue weighted by molar-refractivity contribution is -0.137. The van der Waals surface area contributed by atoms with Gasteiger partial charge in [-0.15, -0.1) is 10.2 Å². The van der Waals surface area contributed by atoms with E-state index < -0.39 is 28.9 Å². The number of hydrogen-bond acceptors (Lipinski definition) is 9. The first-order chi connectivity index (χ1) is 15.7. The zero-order valence-corrected chi connectivity index (χ0v) is 18.2. The molecule has 1 aromatic carbocycles. The fourth-order valence-electron chi connectivity index (χ4n) is 2.57. The maximum Gasteiger partial charge on any atom is 0.416 e. The lowest BCUT2D eigenvalue weighted by Crippen LogP contribution is -2.15. The quantitative estimate of drug-likeness (QED) is 0.291. The van der Waals surface area contributed by atoms with Crippen molar-refractivity contribution in [3.63, 3.8) is 0 Å². The third kappa shape index (κ3) is 5.99. The van der Waals surface area contributed by atoms with Gasteiger partial charge in [-0.25, -0.2) is 4.79 Å². The van der Waals surface area contributed by atoms with Crippen LogP contribution in [0.3, 0.4) is 0 Å². The monoisotopic (exact) mass is 497 g/mol. The van der Waals surface area contributed by atoms with E-state index in [2.05, 4.69) is 15.5 Å². The number of alkyl halides is 3. The van der Waals surface area contributed by atoms with Gasteiger partial charge in [0.05, 0.1) is 16.9 Å². The van der Waals surface area contributed by atoms with Crippen LogP contribution in [0, 0.1) is 5.92 Å². The summed E-state index contributed by atoms with van der Waals surface area (Å²) in [4.78, 5) is 36.1. The molecule has 2 heterocycles. The molecule has 2 aromatic heterocycles. The summed E-state index contributed by atoms with van der Waals surface area (Å²) in [6, 6.07) is 4.78. The molecular formula is C20H14F3N3O5S2. The van der Waals surface area contributed by atoms with Gasteiger partial charge in [0.1, 0.15) is 12.0 Å². The molecule has 0 saturated heterocycles. The predicted molar refractivity (Wildman–Crippen MR) is 112 cm³/mol. The van der Waals surface area contributed by atoms with E-state index in [0.717, 1.165) is 43.4 Å². The van der Waals surface area contributed by atoms with Crippen LogP contribution in [0.5, 0.6) is 5.75 Å². The van der Waals surface area contributed by atoms with Crippen molar-refractivity contribution in [2.75, 3.05) is 5.32 Å². The molecule has 0 radical (unpaired) electrons. The van der Waals surface area contributed by atoms with Crippen LogP contribution >= 0.6 is 23.1 Å². The van der Waals surface area contributed by atoms with E-state index in [-0.39, 0.29) is 28.9 Å². The Morgan fingerprint density at radius 2 is 2.03 bits per heavy atom. The van der Waals surface area contributed by atoms with Crippen molar-refractivity contribution in [1.82, 2.24) is 10.2 Å². The topological polar surface area (TPSA) is 111 Å². The van der Waals surface area contributed by atoms with E-state index in [1.54, 1.807) is 0 Å². The molecule has 1 amide bonds. The highest BCUT2D eigenvalue weighted by atomic mass is 32.2. The molecule has 8 nitrogen and oxygen atoms in total. The van der Waals surface area contributed by atoms with Crippen LogP contribution in [0.15, 0.2) is 50.1 Å². The zero-order chi connectivity index (χ0) is 23.6. The Hall–Kier alpha value is -3.19. The largest absolute Gasteiger partial charge is 0.464 e. The van der Waals surface area contributed by atoms with Crippen molar-refractivity contribution in [2.45, 2.75) is 29.1 Å². The fourth-order valence-corrected chi connectivity index (χ4v) is 4.22. The van der Waals surface area contributed by atoms with Crippen LogP contribution in [0.1, 0.15) is 34.5 Å². The zero-order valence-electron chi connectivity index (χ0n) is 16.5. The van der Waals surface area contributed by atoms with E-state index in [4.69, 9.17) is 9.15 Å². The molecular weight excluding hydrogens is 483 g/mol. The number of carbonyl (C=O) groups is 2. The van der Waals surface area contributed by atoms with E-state index in [0.29, 0.717) is 15.5 Å². The van der Waals surface area contributed by atoms with Gasteiger partial charge in [-0.3, -0.25) is 9.59 Å². The molecule has 33 heavy (non-hydrogen) atoms. The van der Waals surface area contributed by atoms with Gasteiger partial charge in [-0.2, -0.15) is 13.2 Å². The first kappa shape index (κ1) is 23.0. The highest BCUT2D eigenvalue weighted by Crippen LogP contribution is 2.33. The van der Waals surface area contributed by atoms with E-state index in [1.807, 2.05) is 0 Å². The number of halogens is 3. The molecule has 4 rings (SSSR count). The number of benzene rings is 1. The van der Waals surface area contributed by atoms with Crippen LogP contribution in [-0.4, -0.2) is 22.1 Å². The highest BCUT2D eigenvalue weighted by Gasteiger charge is 2.31. The van der Waals surface area contributed by atoms with Gasteiger partial charge in [0, 0.05) is 12.0 Å². The maximum atomic E-state index is 12.8. The summed E-state index contributed by atoms with van der Waals surface area (Å²) >= 11 is 2.40. The van der Waals surface area contributed by atoms with Gasteiger partial charge < -0.3 is 14.5 Å². The van der Waals surface area contributed by atoms with Gasteiger partial charge in [0.15, 0.2) is 4.34 Å². The number of nitrogens with one attached hydrogen (secondary N) is 1. The van der Waals surface area contributed by atoms with Crippen LogP contribution in [0.4, 0.5) is 18.3 Å². The van der Waals surface area contributed by atoms with Crippen LogP contribution < -0.4 is 15.5 Å². The number of ether oxygens (including phenoxy) is 1. The Bertz CT molecular complexity index is 1250. The van der Waals surface area contributed by atoms with Gasteiger partial charge in [-0.05, 0) is 31.0 Å². The van der Waals surface area contributed by atoms with Gasteiger partial charge in [0.25, 0.3) is 0 Å². The number of aromatic nitrogens is 2. The Kier molecular flexibility index (Phi) is 6.51. The number of hydrogen-bond donors (Lipinski definition) is 1. The smallest absolute Gasteiger partial charge is 0.416 e. The van der Waals surface area contributed by atoms with Crippen molar-refractivity contribution < 1.29 is 31.9 Å². The van der Waals surface area contributed by atoms with Crippen molar-refractivity contribution in [1.29, 1.82) is 0 Å². The number of carbonyl (C=O) groups excluding carboxylic acids is 2. The first-order valence-electron chi connectivity index (χ1n) is 9.47. The normalized spacial score (nSPS) is 13.5. The Balaban J connectivity index is 1.35. The number of amides is 1. The summed E-state index contributed by atoms with van der Waals surface area (Å²) in [5, 5.41) is 10.9. The van der Waals surface area contributed by atoms with Crippen LogP contribution in [0.25, 0.3) is 0 Å². The average molecular weight is 497 g/mol. The summed E-state index contributed by atoms with van der Waals surface area (Å²) in [6.07, 6.45) is -1.96. The molecule has 172 valence electrons. The number of rotatable bonds is 7. The molecule has 1 saturated carbocycles. The summed E-state index contributed by atoms with van der Waals surface area (Å²) in [5.41, 5.74) is -2.04. The SMILES string of the molecule is O=C(Oc1coc(CSc2nnc(NC(=O)C3CC3)s2)cc1=O)c1cccc(C(F)(F)F)c1. The number of thioether (sulfide) groups is 1. The predicted octanol–water partition coefficient (Wildman–Crippen LogP) is 4.37. The lowest BCUT2D eigenvalue weighted by atomic mass is 10.1. The van der Waals surface area contributed by atoms with Crippen molar-refractivity contribution >= 4 is 40.1 Å². The third-order valence-electron chi connectivity index (χ3n) is 4.40. The number of anilines is 1. The lowest BCUT2D eigenvalue weighted by Gasteiger charge is -2.08. The highest BCUT2D eigenvalue weighted by molar-refractivity contribution is 8.00. The number of nitrogens with zero attached hydrogens (tertiary/aromatic N) is 2. The minimum absolute atomic E-state index is 0.0421. The Labute approximate surface area is 192 Å². The molecule has 0 aliphatic heterocycles. The van der Waals surface area contributed by atoms with Crippen LogP contribution in [0.2, 0.25) is 0 Å². The molecule has 0 atom stereocenters. The standard InChI is InChI=1S/C20H14F3N3O5S2/c21-20(22,23)12-3-1-2-11(6-12)17(29)31-15-8-30-13(7-14(15)27)9-32-19-26-25-18(33-19)24-16(28)10-4-5-10/h1-3,6-8,10H,4-5,9H2,(H,24,25,28). The van der Waals surface area contributed by atoms with Crippen molar-refractivity contribution in [2.24, 2.45) is 5.92 Å². The van der Waals surface area contributed by atoms with E-state index in [1.165, 1.54) is 23.1 Å². The minimum Gasteiger partial charge on any atom is -0.464 e. The molecule has 1 aliphatic rings. The maximum absolute atomic E-state index is 12.8. The van der Waals surface area contributed by atoms with Crippen molar-refractivity contribution in [3.8, 4) is 5.75 Å². The number of esters is 1. The molecule has 0 spiro atoms. The summed E-state index contributed by atoms with van der Waals surface area (Å²) < 4.78 is 49.2. The van der Waals surface area contributed by atoms with Gasteiger partial charge in [-0.1, -0.05) is 29.2 Å². The Morgan fingerprint density at radius 1 is 1.24 bits per heavy atom. The Morgan fingerprint density at radius 3 is 2.73 bits per heavy atom. The second-order valence-corrected chi connectivity index (χ2v) is 9.17. The molecule has 0 bridgehead atoms. The second kappa shape index (κ2) is 9.35. The fraction of sp³-hybridized carbons (Fsp3) is 0.250. The van der Waals surface area contributed by atoms with Gasteiger partial charge in [0.2, 0.25) is 22.2 Å². The molecule has 3 aromatic rings. The average Bonchev–Trinajstić information content (AvgIpc) is 3.54. The van der Waals surface area contributed by atoms with E-state index in [9.17, 15) is 27.6 Å². The second-order valence-electron chi connectivity index (χ2n) is 6.97. The first-order valence-corrected chi connectivity index (χ1v) is 11.3. The molecule has 0 unspecified atom stereocenters. The van der Waals surface area contributed by atoms with Crippen molar-refractivity contribution in [3.05, 3.63) is 63.7 Å². The summed E-state index contributed by atoms with van der Waals surface area (Å²) in [7, 11) is 0. The summed E-state index contributed by atoms with van der Waals surface area (Å²) in [5.74, 6) is -1.15. The van der Waals surface area contributed by atoms with E-state index >= 15 is 0 Å². The molecule has 1 aliphatic carbocycles. The minimum atomic E-state index is -4.62.